The molecule has 1 aromatic carbocycles. The molecule has 110 valence electrons. The van der Waals surface area contributed by atoms with Crippen LogP contribution in [0.25, 0.3) is 0 Å². The second-order valence-electron chi connectivity index (χ2n) is 5.19. The number of hydrogen-bond acceptors (Lipinski definition) is 4. The highest BCUT2D eigenvalue weighted by molar-refractivity contribution is 5.50. The molecule has 1 N–H and O–H groups in total. The van der Waals surface area contributed by atoms with Crippen LogP contribution in [0.2, 0.25) is 0 Å². The lowest BCUT2D eigenvalue weighted by Crippen LogP contribution is -2.36. The Morgan fingerprint density at radius 2 is 2.05 bits per heavy atom. The number of nitrogens with zero attached hydrogens (tertiary/aromatic N) is 3. The summed E-state index contributed by atoms with van der Waals surface area (Å²) < 4.78 is 14.5. The van der Waals surface area contributed by atoms with Gasteiger partial charge < -0.3 is 10.2 Å². The Labute approximate surface area is 122 Å². The molecule has 1 aromatic heterocycles. The number of nitrogens with one attached hydrogen (secondary N) is 1. The molecule has 2 heterocycles. The normalized spacial score (nSPS) is 13.9. The molecule has 0 saturated carbocycles. The standard InChI is InChI=1S/C15H17FN4O/c1-19-7-2-8-20-14(19)9-13(18-15(20)21)17-10-11-3-5-12(16)6-4-11/h3-6,9H,2,7-8,10H2,1H3,(H,17,18,21). The number of aromatic nitrogens is 2. The van der Waals surface area contributed by atoms with Gasteiger partial charge in [-0.3, -0.25) is 4.57 Å². The largest absolute Gasteiger partial charge is 0.366 e. The van der Waals surface area contributed by atoms with Crippen LogP contribution < -0.4 is 15.9 Å². The molecule has 0 amide bonds. The van der Waals surface area contributed by atoms with Gasteiger partial charge in [-0.2, -0.15) is 4.98 Å². The van der Waals surface area contributed by atoms with Crippen molar-refractivity contribution < 1.29 is 4.39 Å². The number of anilines is 2. The van der Waals surface area contributed by atoms with E-state index in [9.17, 15) is 9.18 Å². The van der Waals surface area contributed by atoms with Crippen LogP contribution in [0.4, 0.5) is 16.0 Å². The van der Waals surface area contributed by atoms with Crippen molar-refractivity contribution in [2.24, 2.45) is 0 Å². The van der Waals surface area contributed by atoms with E-state index in [1.807, 2.05) is 13.1 Å². The minimum Gasteiger partial charge on any atom is -0.366 e. The van der Waals surface area contributed by atoms with Crippen molar-refractivity contribution in [2.45, 2.75) is 19.5 Å². The van der Waals surface area contributed by atoms with Crippen LogP contribution in [0, 0.1) is 5.82 Å². The summed E-state index contributed by atoms with van der Waals surface area (Å²) >= 11 is 0. The molecule has 3 rings (SSSR count). The quantitative estimate of drug-likeness (QED) is 0.936. The summed E-state index contributed by atoms with van der Waals surface area (Å²) in [5.41, 5.74) is 0.699. The third-order valence-electron chi connectivity index (χ3n) is 3.64. The second kappa shape index (κ2) is 5.55. The lowest BCUT2D eigenvalue weighted by Gasteiger charge is -2.28. The van der Waals surface area contributed by atoms with E-state index in [1.54, 1.807) is 16.7 Å². The molecule has 21 heavy (non-hydrogen) atoms. The first-order valence-electron chi connectivity index (χ1n) is 6.95. The minimum atomic E-state index is -0.259. The Hall–Kier alpha value is -2.37. The lowest BCUT2D eigenvalue weighted by molar-refractivity contribution is 0.555. The van der Waals surface area contributed by atoms with Crippen LogP contribution in [0.1, 0.15) is 12.0 Å². The van der Waals surface area contributed by atoms with Crippen molar-refractivity contribution >= 4 is 11.6 Å². The van der Waals surface area contributed by atoms with Crippen molar-refractivity contribution in [1.82, 2.24) is 9.55 Å². The highest BCUT2D eigenvalue weighted by atomic mass is 19.1. The Morgan fingerprint density at radius 1 is 1.29 bits per heavy atom. The van der Waals surface area contributed by atoms with Gasteiger partial charge in [0.15, 0.2) is 0 Å². The Bertz CT molecular complexity index is 696. The number of halogens is 1. The number of benzene rings is 1. The maximum absolute atomic E-state index is 12.9. The minimum absolute atomic E-state index is 0.236. The van der Waals surface area contributed by atoms with Crippen LogP contribution in [0.5, 0.6) is 0 Å². The molecule has 1 aliphatic rings. The molecule has 0 unspecified atom stereocenters. The van der Waals surface area contributed by atoms with Gasteiger partial charge in [0.1, 0.15) is 17.5 Å². The highest BCUT2D eigenvalue weighted by Crippen LogP contribution is 2.19. The molecule has 0 bridgehead atoms. The molecule has 1 aliphatic heterocycles. The first-order valence-corrected chi connectivity index (χ1v) is 6.95. The summed E-state index contributed by atoms with van der Waals surface area (Å²) in [4.78, 5) is 18.1. The van der Waals surface area contributed by atoms with E-state index < -0.39 is 0 Å². The fourth-order valence-electron chi connectivity index (χ4n) is 2.49. The number of rotatable bonds is 3. The van der Waals surface area contributed by atoms with E-state index in [0.717, 1.165) is 24.3 Å². The van der Waals surface area contributed by atoms with Crippen LogP contribution in [0.3, 0.4) is 0 Å². The molecule has 0 aliphatic carbocycles. The lowest BCUT2D eigenvalue weighted by atomic mass is 10.2. The molecular formula is C15H17FN4O. The van der Waals surface area contributed by atoms with Gasteiger partial charge in [-0.1, -0.05) is 12.1 Å². The monoisotopic (exact) mass is 288 g/mol. The Kier molecular flexibility index (Phi) is 3.60. The van der Waals surface area contributed by atoms with Crippen molar-refractivity contribution in [3.05, 3.63) is 52.2 Å². The average molecular weight is 288 g/mol. The first kappa shape index (κ1) is 13.6. The summed E-state index contributed by atoms with van der Waals surface area (Å²) in [7, 11) is 1.97. The summed E-state index contributed by atoms with van der Waals surface area (Å²) in [6, 6.07) is 8.13. The van der Waals surface area contributed by atoms with Crippen molar-refractivity contribution in [3.63, 3.8) is 0 Å². The highest BCUT2D eigenvalue weighted by Gasteiger charge is 2.16. The van der Waals surface area contributed by atoms with Gasteiger partial charge in [-0.25, -0.2) is 9.18 Å². The summed E-state index contributed by atoms with van der Waals surface area (Å²) in [6.07, 6.45) is 0.952. The number of fused-ring (bicyclic) bond motifs is 1. The maximum atomic E-state index is 12.9. The zero-order valence-electron chi connectivity index (χ0n) is 11.8. The maximum Gasteiger partial charge on any atom is 0.351 e. The third-order valence-corrected chi connectivity index (χ3v) is 3.64. The molecule has 2 aromatic rings. The van der Waals surface area contributed by atoms with Gasteiger partial charge in [0, 0.05) is 32.7 Å². The number of hydrogen-bond donors (Lipinski definition) is 1. The van der Waals surface area contributed by atoms with Gasteiger partial charge in [0.05, 0.1) is 0 Å². The van der Waals surface area contributed by atoms with Crippen LogP contribution >= 0.6 is 0 Å². The smallest absolute Gasteiger partial charge is 0.351 e. The molecule has 6 heteroatoms. The van der Waals surface area contributed by atoms with Gasteiger partial charge in [0.2, 0.25) is 0 Å². The first-order chi connectivity index (χ1) is 10.1. The Morgan fingerprint density at radius 3 is 2.81 bits per heavy atom. The fraction of sp³-hybridized carbons (Fsp3) is 0.333. The van der Waals surface area contributed by atoms with Crippen molar-refractivity contribution in [2.75, 3.05) is 23.8 Å². The summed E-state index contributed by atoms with van der Waals surface area (Å²) in [5.74, 6) is 1.16. The molecule has 0 atom stereocenters. The molecular weight excluding hydrogens is 271 g/mol. The van der Waals surface area contributed by atoms with Gasteiger partial charge in [-0.15, -0.1) is 0 Å². The van der Waals surface area contributed by atoms with E-state index in [4.69, 9.17) is 0 Å². The summed E-state index contributed by atoms with van der Waals surface area (Å²) in [6.45, 7) is 2.14. The van der Waals surface area contributed by atoms with Crippen molar-refractivity contribution in [3.8, 4) is 0 Å². The van der Waals surface area contributed by atoms with E-state index in [-0.39, 0.29) is 11.5 Å². The van der Waals surface area contributed by atoms with Crippen LogP contribution in [0.15, 0.2) is 35.1 Å². The third kappa shape index (κ3) is 2.89. The predicted octanol–water partition coefficient (Wildman–Crippen LogP) is 1.83. The summed E-state index contributed by atoms with van der Waals surface area (Å²) in [5, 5.41) is 3.12. The van der Waals surface area contributed by atoms with Gasteiger partial charge in [-0.05, 0) is 24.1 Å². The SMILES string of the molecule is CN1CCCn2c1cc(NCc1ccc(F)cc1)nc2=O. The van der Waals surface area contributed by atoms with Crippen LogP contribution in [-0.2, 0) is 13.1 Å². The van der Waals surface area contributed by atoms with E-state index in [1.165, 1.54) is 12.1 Å². The topological polar surface area (TPSA) is 50.2 Å². The fourth-order valence-corrected chi connectivity index (χ4v) is 2.49. The van der Waals surface area contributed by atoms with Gasteiger partial charge >= 0.3 is 5.69 Å². The van der Waals surface area contributed by atoms with Gasteiger partial charge in [0.25, 0.3) is 0 Å². The van der Waals surface area contributed by atoms with Crippen molar-refractivity contribution in [1.29, 1.82) is 0 Å². The zero-order chi connectivity index (χ0) is 14.8. The molecule has 0 saturated heterocycles. The zero-order valence-corrected chi connectivity index (χ0v) is 11.8. The van der Waals surface area contributed by atoms with E-state index >= 15 is 0 Å². The molecule has 0 spiro atoms. The predicted molar refractivity (Wildman–Crippen MR) is 80.1 cm³/mol. The average Bonchev–Trinajstić information content (AvgIpc) is 2.48. The second-order valence-corrected chi connectivity index (χ2v) is 5.19. The molecule has 0 fully saturated rings. The van der Waals surface area contributed by atoms with E-state index in [2.05, 4.69) is 15.2 Å². The Balaban J connectivity index is 1.80. The van der Waals surface area contributed by atoms with Crippen LogP contribution in [-0.4, -0.2) is 23.1 Å². The molecule has 0 radical (unpaired) electrons. The van der Waals surface area contributed by atoms with E-state index in [0.29, 0.717) is 18.9 Å². The molecule has 5 nitrogen and oxygen atoms in total.